The first-order valence-electron chi connectivity index (χ1n) is 15.0. The molecule has 0 saturated heterocycles. The zero-order valence-corrected chi connectivity index (χ0v) is 28.5. The van der Waals surface area contributed by atoms with Gasteiger partial charge in [0.25, 0.3) is 10.0 Å². The van der Waals surface area contributed by atoms with Crippen LogP contribution in [0.1, 0.15) is 31.9 Å². The van der Waals surface area contributed by atoms with Crippen molar-refractivity contribution in [2.24, 2.45) is 0 Å². The Morgan fingerprint density at radius 2 is 1.57 bits per heavy atom. The van der Waals surface area contributed by atoms with E-state index in [9.17, 15) is 22.4 Å². The second-order valence-electron chi connectivity index (χ2n) is 11.0. The minimum Gasteiger partial charge on any atom is -0.494 e. The molecule has 0 aliphatic carbocycles. The molecule has 4 aromatic carbocycles. The van der Waals surface area contributed by atoms with Crippen molar-refractivity contribution in [3.63, 3.8) is 0 Å². The SMILES string of the molecule is CCOc1ccc(S(=O)(=O)N(CC(=O)N(Cc2ccc(Cl)cc2Cl)[C@H](Cc2ccccc2)C(=O)NC(C)C)c2ccc(F)cc2)cc1. The van der Waals surface area contributed by atoms with E-state index in [0.717, 1.165) is 22.0 Å². The smallest absolute Gasteiger partial charge is 0.264 e. The van der Waals surface area contributed by atoms with Crippen LogP contribution in [0.5, 0.6) is 5.75 Å². The number of halogens is 3. The Hall–Kier alpha value is -4.12. The van der Waals surface area contributed by atoms with Gasteiger partial charge in [0.1, 0.15) is 24.2 Å². The highest BCUT2D eigenvalue weighted by Crippen LogP contribution is 2.28. The minimum absolute atomic E-state index is 0.0596. The van der Waals surface area contributed by atoms with E-state index in [1.807, 2.05) is 37.3 Å². The number of carbonyl (C=O) groups excluding carboxylic acids is 2. The Bertz CT molecular complexity index is 1770. The highest BCUT2D eigenvalue weighted by molar-refractivity contribution is 7.92. The number of hydrogen-bond donors (Lipinski definition) is 1. The standard InChI is InChI=1S/C35H36Cl2FN3O5S/c1-4-46-30-16-18-31(19-17-30)47(44,45)41(29-14-12-28(38)13-15-29)23-34(42)40(22-26-10-11-27(36)21-32(26)37)33(35(43)39-24(2)3)20-25-8-6-5-7-9-25/h5-19,21,24,33H,4,20,22-23H2,1-3H3,(H,39,43)/t33-/m1/s1. The van der Waals surface area contributed by atoms with Crippen molar-refractivity contribution >= 4 is 50.7 Å². The van der Waals surface area contributed by atoms with Crippen molar-refractivity contribution in [3.8, 4) is 5.75 Å². The van der Waals surface area contributed by atoms with Crippen molar-refractivity contribution in [1.29, 1.82) is 0 Å². The van der Waals surface area contributed by atoms with E-state index >= 15 is 0 Å². The van der Waals surface area contributed by atoms with E-state index in [1.54, 1.807) is 26.0 Å². The van der Waals surface area contributed by atoms with Gasteiger partial charge >= 0.3 is 0 Å². The van der Waals surface area contributed by atoms with Gasteiger partial charge in [-0.3, -0.25) is 13.9 Å². The van der Waals surface area contributed by atoms with Gasteiger partial charge in [0, 0.05) is 29.1 Å². The van der Waals surface area contributed by atoms with Gasteiger partial charge in [0.15, 0.2) is 0 Å². The molecule has 0 spiro atoms. The number of benzene rings is 4. The number of rotatable bonds is 14. The van der Waals surface area contributed by atoms with Gasteiger partial charge in [-0.1, -0.05) is 59.6 Å². The van der Waals surface area contributed by atoms with Gasteiger partial charge in [0.05, 0.1) is 17.2 Å². The maximum atomic E-state index is 14.5. The van der Waals surface area contributed by atoms with Crippen LogP contribution in [0, 0.1) is 5.82 Å². The molecule has 0 heterocycles. The lowest BCUT2D eigenvalue weighted by atomic mass is 10.0. The molecule has 248 valence electrons. The molecule has 0 aliphatic rings. The summed E-state index contributed by atoms with van der Waals surface area (Å²) in [4.78, 5) is 29.5. The largest absolute Gasteiger partial charge is 0.494 e. The number of ether oxygens (including phenoxy) is 1. The molecule has 47 heavy (non-hydrogen) atoms. The normalized spacial score (nSPS) is 12.0. The molecular formula is C35H36Cl2FN3O5S. The molecular weight excluding hydrogens is 664 g/mol. The lowest BCUT2D eigenvalue weighted by molar-refractivity contribution is -0.140. The predicted molar refractivity (Wildman–Crippen MR) is 183 cm³/mol. The summed E-state index contributed by atoms with van der Waals surface area (Å²) in [6.07, 6.45) is 0.137. The average Bonchev–Trinajstić information content (AvgIpc) is 3.03. The second kappa shape index (κ2) is 16.1. The first kappa shape index (κ1) is 35.7. The van der Waals surface area contributed by atoms with Crippen LogP contribution in [-0.2, 0) is 32.6 Å². The summed E-state index contributed by atoms with van der Waals surface area (Å²) in [6.45, 7) is 4.98. The van der Waals surface area contributed by atoms with Gasteiger partial charge in [-0.05, 0) is 92.6 Å². The van der Waals surface area contributed by atoms with Crippen LogP contribution < -0.4 is 14.4 Å². The summed E-state index contributed by atoms with van der Waals surface area (Å²) in [5.74, 6) is -1.22. The second-order valence-corrected chi connectivity index (χ2v) is 13.7. The molecule has 0 bridgehead atoms. The fraction of sp³-hybridized carbons (Fsp3) is 0.257. The topological polar surface area (TPSA) is 96.0 Å². The Labute approximate surface area is 285 Å². The van der Waals surface area contributed by atoms with Gasteiger partial charge in [-0.15, -0.1) is 0 Å². The zero-order valence-electron chi connectivity index (χ0n) is 26.2. The third-order valence-electron chi connectivity index (χ3n) is 7.17. The molecule has 0 aliphatic heterocycles. The zero-order chi connectivity index (χ0) is 34.1. The molecule has 1 N–H and O–H groups in total. The summed E-state index contributed by atoms with van der Waals surface area (Å²) in [6, 6.07) is 23.3. The van der Waals surface area contributed by atoms with E-state index in [-0.39, 0.29) is 34.6 Å². The number of nitrogens with one attached hydrogen (secondary N) is 1. The highest BCUT2D eigenvalue weighted by Gasteiger charge is 2.35. The number of nitrogens with zero attached hydrogens (tertiary/aromatic N) is 2. The van der Waals surface area contributed by atoms with Crippen LogP contribution in [0.2, 0.25) is 10.0 Å². The highest BCUT2D eigenvalue weighted by atomic mass is 35.5. The van der Waals surface area contributed by atoms with Crippen molar-refractivity contribution in [2.75, 3.05) is 17.5 Å². The summed E-state index contributed by atoms with van der Waals surface area (Å²) < 4.78 is 48.6. The lowest BCUT2D eigenvalue weighted by Crippen LogP contribution is -2.54. The third-order valence-corrected chi connectivity index (χ3v) is 9.55. The number of amides is 2. The number of anilines is 1. The van der Waals surface area contributed by atoms with Gasteiger partial charge in [-0.2, -0.15) is 0 Å². The monoisotopic (exact) mass is 699 g/mol. The Morgan fingerprint density at radius 1 is 0.915 bits per heavy atom. The molecule has 12 heteroatoms. The molecule has 8 nitrogen and oxygen atoms in total. The fourth-order valence-electron chi connectivity index (χ4n) is 4.91. The predicted octanol–water partition coefficient (Wildman–Crippen LogP) is 6.89. The first-order chi connectivity index (χ1) is 22.4. The molecule has 0 unspecified atom stereocenters. The summed E-state index contributed by atoms with van der Waals surface area (Å²) >= 11 is 12.7. The van der Waals surface area contributed by atoms with Crippen molar-refractivity contribution in [3.05, 3.63) is 124 Å². The van der Waals surface area contributed by atoms with Crippen LogP contribution in [0.3, 0.4) is 0 Å². The molecule has 2 amide bonds. The Morgan fingerprint density at radius 3 is 2.17 bits per heavy atom. The molecule has 0 radical (unpaired) electrons. The number of hydrogen-bond acceptors (Lipinski definition) is 5. The van der Waals surface area contributed by atoms with Crippen molar-refractivity contribution in [2.45, 2.75) is 50.7 Å². The molecule has 4 aromatic rings. The maximum Gasteiger partial charge on any atom is 0.264 e. The Balaban J connectivity index is 1.81. The summed E-state index contributed by atoms with van der Waals surface area (Å²) in [7, 11) is -4.37. The van der Waals surface area contributed by atoms with Crippen molar-refractivity contribution < 1.29 is 27.1 Å². The van der Waals surface area contributed by atoms with Crippen LogP contribution in [0.25, 0.3) is 0 Å². The van der Waals surface area contributed by atoms with Crippen LogP contribution in [-0.4, -0.2) is 50.4 Å². The summed E-state index contributed by atoms with van der Waals surface area (Å²) in [5, 5.41) is 3.56. The van der Waals surface area contributed by atoms with Gasteiger partial charge in [-0.25, -0.2) is 12.8 Å². The van der Waals surface area contributed by atoms with Gasteiger partial charge < -0.3 is 15.0 Å². The van der Waals surface area contributed by atoms with Crippen LogP contribution in [0.4, 0.5) is 10.1 Å². The first-order valence-corrected chi connectivity index (χ1v) is 17.2. The van der Waals surface area contributed by atoms with E-state index in [1.165, 1.54) is 47.4 Å². The fourth-order valence-corrected chi connectivity index (χ4v) is 6.79. The minimum atomic E-state index is -4.37. The Kier molecular flexibility index (Phi) is 12.3. The number of sulfonamides is 1. The third kappa shape index (κ3) is 9.47. The van der Waals surface area contributed by atoms with Gasteiger partial charge in [0.2, 0.25) is 11.8 Å². The molecule has 0 aromatic heterocycles. The van der Waals surface area contributed by atoms with Crippen LogP contribution in [0.15, 0.2) is 102 Å². The number of carbonyl (C=O) groups is 2. The average molecular weight is 701 g/mol. The maximum absolute atomic E-state index is 14.5. The van der Waals surface area contributed by atoms with E-state index in [4.69, 9.17) is 27.9 Å². The molecule has 1 atom stereocenters. The summed E-state index contributed by atoms with van der Waals surface area (Å²) in [5.41, 5.74) is 1.35. The van der Waals surface area contributed by atoms with Crippen molar-refractivity contribution in [1.82, 2.24) is 10.2 Å². The van der Waals surface area contributed by atoms with Crippen LogP contribution >= 0.6 is 23.2 Å². The molecule has 0 fully saturated rings. The lowest BCUT2D eigenvalue weighted by Gasteiger charge is -2.34. The van der Waals surface area contributed by atoms with E-state index in [0.29, 0.717) is 22.9 Å². The van der Waals surface area contributed by atoms with E-state index < -0.39 is 40.2 Å². The molecule has 4 rings (SSSR count). The van der Waals surface area contributed by atoms with E-state index in [2.05, 4.69) is 5.32 Å². The quantitative estimate of drug-likeness (QED) is 0.155. The molecule has 0 saturated carbocycles.